The normalized spacial score (nSPS) is 17.2. The Balaban J connectivity index is 4.23. The Labute approximate surface area is 440 Å². The largest absolute Gasteiger partial charge is 0.460 e. The van der Waals surface area contributed by atoms with Crippen LogP contribution in [0.1, 0.15) is 19.3 Å². The zero-order valence-electron chi connectivity index (χ0n) is 34.9. The van der Waals surface area contributed by atoms with E-state index in [0.717, 1.165) is 0 Å². The molecule has 0 N–H and O–H groups in total. The lowest BCUT2D eigenvalue weighted by atomic mass is 9.92. The van der Waals surface area contributed by atoms with E-state index in [4.69, 9.17) is 0 Å². The number of aromatic nitrogens is 3. The van der Waals surface area contributed by atoms with Gasteiger partial charge in [-0.05, 0) is 0 Å². The van der Waals surface area contributed by atoms with Crippen LogP contribution < -0.4 is 17.1 Å². The summed E-state index contributed by atoms with van der Waals surface area (Å²) in [6.45, 7) is -7.72. The first-order valence-corrected chi connectivity index (χ1v) is 21.9. The minimum Gasteiger partial charge on any atom is -0.247 e. The predicted octanol–water partition coefficient (Wildman–Crippen LogP) is 14.0. The molecule has 0 spiro atoms. The van der Waals surface area contributed by atoms with Crippen molar-refractivity contribution in [3.63, 3.8) is 0 Å². The van der Waals surface area contributed by atoms with Crippen molar-refractivity contribution < 1.29 is 171 Å². The number of hydrogen-bond donors (Lipinski definition) is 0. The maximum atomic E-state index is 14.7. The van der Waals surface area contributed by atoms with E-state index in [0.29, 0.717) is 0 Å². The van der Waals surface area contributed by atoms with E-state index in [9.17, 15) is 186 Å². The molecule has 1 aromatic heterocycles. The number of rotatable bonds is 24. The highest BCUT2D eigenvalue weighted by molar-refractivity contribution is 14.1. The van der Waals surface area contributed by atoms with Gasteiger partial charge >= 0.3 is 124 Å². The second kappa shape index (κ2) is 21.2. The highest BCUT2D eigenvalue weighted by atomic mass is 127. The molecular weight excluding hydrogens is 1570 g/mol. The molecule has 3 unspecified atom stereocenters. The van der Waals surface area contributed by atoms with Gasteiger partial charge in [0.05, 0.1) is 0 Å². The lowest BCUT2D eigenvalue weighted by Crippen LogP contribution is -2.70. The van der Waals surface area contributed by atoms with Crippen molar-refractivity contribution in [2.24, 2.45) is 0 Å². The Morgan fingerprint density at radius 1 is 0.244 bits per heavy atom. The smallest absolute Gasteiger partial charge is 0.247 e. The highest BCUT2D eigenvalue weighted by Crippen LogP contribution is 2.64. The topological polar surface area (TPSA) is 66.0 Å². The Kier molecular flexibility index (Phi) is 20.1. The molecule has 0 aliphatic rings. The number of nitrogens with zero attached hydrogens (tertiary/aromatic N) is 3. The van der Waals surface area contributed by atoms with Crippen molar-refractivity contribution in [2.45, 2.75) is 158 Å². The van der Waals surface area contributed by atoms with Crippen LogP contribution in [0.25, 0.3) is 0 Å². The van der Waals surface area contributed by atoms with E-state index in [2.05, 4.69) is 0 Å². The van der Waals surface area contributed by atoms with Gasteiger partial charge in [0.25, 0.3) is 0 Å². The molecule has 78 heavy (non-hydrogen) atoms. The molecule has 0 aliphatic heterocycles. The van der Waals surface area contributed by atoms with Crippen molar-refractivity contribution in [2.75, 3.05) is 0 Å². The Morgan fingerprint density at radius 2 is 0.372 bits per heavy atom. The van der Waals surface area contributed by atoms with Crippen molar-refractivity contribution >= 4 is 67.8 Å². The van der Waals surface area contributed by atoms with Crippen LogP contribution >= 0.6 is 67.8 Å². The number of hydrogen-bond acceptors (Lipinski definition) is 3. The van der Waals surface area contributed by atoms with Gasteiger partial charge in [-0.3, -0.25) is 0 Å². The molecule has 462 valence electrons. The maximum Gasteiger partial charge on any atom is 0.460 e. The zero-order valence-corrected chi connectivity index (χ0v) is 41.4. The monoisotopic (exact) mass is 1590 g/mol. The maximum absolute atomic E-state index is 14.7. The fourth-order valence-electron chi connectivity index (χ4n) is 5.56. The fourth-order valence-corrected chi connectivity index (χ4v) is 8.41. The van der Waals surface area contributed by atoms with E-state index in [1.54, 1.807) is 0 Å². The van der Waals surface area contributed by atoms with Gasteiger partial charge in [0, 0.05) is 50.7 Å². The van der Waals surface area contributed by atoms with Crippen LogP contribution in [0.2, 0.25) is 0 Å². The zero-order chi connectivity index (χ0) is 63.4. The first-order chi connectivity index (χ1) is 33.4. The fraction of sp³-hybridized carbons (Fsp3) is 0.900. The van der Waals surface area contributed by atoms with Gasteiger partial charge in [-0.15, -0.1) is 0 Å². The first-order valence-electron chi connectivity index (χ1n) is 18.2. The minimum atomic E-state index is -8.60. The number of halogens is 42. The molecule has 1 heterocycles. The van der Waals surface area contributed by atoms with Gasteiger partial charge in [0.2, 0.25) is 0 Å². The highest BCUT2D eigenvalue weighted by Gasteiger charge is 2.93. The molecule has 1 rings (SSSR count). The summed E-state index contributed by atoms with van der Waals surface area (Å²) in [5.74, 6) is -123. The summed E-state index contributed by atoms with van der Waals surface area (Å²) in [7, 11) is 0. The average molecular weight is 1590 g/mol. The molecule has 0 radical (unpaired) electrons. The van der Waals surface area contributed by atoms with Crippen LogP contribution in [0, 0.1) is 0 Å². The molecule has 3 atom stereocenters. The van der Waals surface area contributed by atoms with Crippen LogP contribution in [0.5, 0.6) is 0 Å². The van der Waals surface area contributed by atoms with Crippen LogP contribution in [-0.4, -0.2) is 133 Å². The molecule has 0 fully saturated rings. The standard InChI is InChI=1S/C30H15F39I3N3O3/c31-13(32,16(37,38)19(43,44)22(49,50)25(55,56)28(61,62)63)1-7(70)4-73-10(76)74(5-8(71)2-14(33,34)17(39,40)20(45,46)23(51,52)26(57,58)29(64,65)66)12(78)75(11(73)77)6-9(72)3-15(35,36)18(41,42)21(47,48)24(53,54)27(59,60)30(67,68)69/h7-9H,1-6H2. The van der Waals surface area contributed by atoms with E-state index in [1.807, 2.05) is 0 Å². The summed E-state index contributed by atoms with van der Waals surface area (Å²) >= 11 is 0.170. The van der Waals surface area contributed by atoms with Gasteiger partial charge in [-0.2, -0.15) is 171 Å². The van der Waals surface area contributed by atoms with Crippen LogP contribution in [0.3, 0.4) is 0 Å². The van der Waals surface area contributed by atoms with Crippen LogP contribution in [0.4, 0.5) is 171 Å². The molecule has 48 heteroatoms. The Bertz CT molecular complexity index is 2190. The molecular formula is C30H15F39I3N3O3. The quantitative estimate of drug-likeness (QED) is 0.0588. The van der Waals surface area contributed by atoms with Gasteiger partial charge < -0.3 is 0 Å². The summed E-state index contributed by atoms with van der Waals surface area (Å²) in [5.41, 5.74) is -8.85. The summed E-state index contributed by atoms with van der Waals surface area (Å²) in [6.07, 6.45) is -34.5. The molecule has 0 saturated heterocycles. The van der Waals surface area contributed by atoms with Gasteiger partial charge in [-0.1, -0.05) is 67.8 Å². The Hall–Kier alpha value is -2.13. The van der Waals surface area contributed by atoms with Crippen LogP contribution in [-0.2, 0) is 19.6 Å². The van der Waals surface area contributed by atoms with Gasteiger partial charge in [0.15, 0.2) is 0 Å². The summed E-state index contributed by atoms with van der Waals surface area (Å²) in [6, 6.07) is 0. The third-order valence-corrected chi connectivity index (χ3v) is 12.5. The van der Waals surface area contributed by atoms with E-state index >= 15 is 0 Å². The second-order valence-electron chi connectivity index (χ2n) is 15.6. The lowest BCUT2D eigenvalue weighted by Gasteiger charge is -2.40. The molecule has 0 aliphatic carbocycles. The van der Waals surface area contributed by atoms with Crippen molar-refractivity contribution in [1.82, 2.24) is 13.7 Å². The molecule has 0 bridgehead atoms. The summed E-state index contributed by atoms with van der Waals surface area (Å²) < 4.78 is 520. The third kappa shape index (κ3) is 11.6. The summed E-state index contributed by atoms with van der Waals surface area (Å²) in [5, 5.41) is 0. The van der Waals surface area contributed by atoms with Crippen molar-refractivity contribution in [3.8, 4) is 0 Å². The molecule has 0 saturated carbocycles. The third-order valence-electron chi connectivity index (χ3n) is 9.96. The van der Waals surface area contributed by atoms with E-state index < -0.39 is 189 Å². The van der Waals surface area contributed by atoms with E-state index in [1.165, 1.54) is 0 Å². The molecule has 0 aromatic carbocycles. The minimum absolute atomic E-state index is 0.0565. The number of alkyl halides is 42. The first kappa shape index (κ1) is 73.9. The average Bonchev–Trinajstić information content (AvgIpc) is 3.19. The van der Waals surface area contributed by atoms with Crippen molar-refractivity contribution in [1.29, 1.82) is 0 Å². The SMILES string of the molecule is O=c1n(CC(I)CC(F)(F)C(F)(F)C(F)(F)C(F)(F)C(F)(F)C(F)(F)F)c(=O)n(CC(I)CC(F)(F)C(F)(F)C(F)(F)C(F)(F)C(F)(F)C(F)(F)F)c(=O)n1CC(I)CC(F)(F)C(F)(F)C(F)(F)C(F)(F)C(F)(F)C(F)(F)F. The molecule has 1 aromatic rings. The molecule has 6 nitrogen and oxygen atoms in total. The Morgan fingerprint density at radius 3 is 0.500 bits per heavy atom. The van der Waals surface area contributed by atoms with Gasteiger partial charge in [-0.25, -0.2) is 28.1 Å². The predicted molar refractivity (Wildman–Crippen MR) is 199 cm³/mol. The van der Waals surface area contributed by atoms with E-state index in [-0.39, 0.29) is 67.8 Å². The van der Waals surface area contributed by atoms with Gasteiger partial charge in [0.1, 0.15) is 0 Å². The van der Waals surface area contributed by atoms with Crippen LogP contribution in [0.15, 0.2) is 14.4 Å². The summed E-state index contributed by atoms with van der Waals surface area (Å²) in [4.78, 5) is 39.8. The van der Waals surface area contributed by atoms with Crippen molar-refractivity contribution in [3.05, 3.63) is 31.5 Å². The lowest BCUT2D eigenvalue weighted by molar-refractivity contribution is -0.440. The second-order valence-corrected chi connectivity index (χ2v) is 20.9. The molecule has 0 amide bonds.